The van der Waals surface area contributed by atoms with Crippen molar-refractivity contribution in [2.45, 2.75) is 38.6 Å². The van der Waals surface area contributed by atoms with Crippen LogP contribution in [0.4, 0.5) is 0 Å². The van der Waals surface area contributed by atoms with Gasteiger partial charge in [-0.3, -0.25) is 4.79 Å². The summed E-state index contributed by atoms with van der Waals surface area (Å²) in [6, 6.07) is 17.4. The molecule has 0 saturated carbocycles. The number of fused-ring (bicyclic) bond motifs is 1. The number of carbonyl (C=O) groups is 1. The molecule has 0 bridgehead atoms. The van der Waals surface area contributed by atoms with Crippen LogP contribution in [0.2, 0.25) is 0 Å². The molecule has 0 saturated heterocycles. The van der Waals surface area contributed by atoms with Crippen LogP contribution in [-0.4, -0.2) is 52.4 Å². The number of hydrogen-bond donors (Lipinski definition) is 0. The summed E-state index contributed by atoms with van der Waals surface area (Å²) in [4.78, 5) is 15.6. The molecule has 0 N–H and O–H groups in total. The Kier molecular flexibility index (Phi) is 8.66. The van der Waals surface area contributed by atoms with Gasteiger partial charge in [0, 0.05) is 6.54 Å². The minimum Gasteiger partial charge on any atom is -0.493 e. The lowest BCUT2D eigenvalue weighted by molar-refractivity contribution is -0.134. The zero-order valence-electron chi connectivity index (χ0n) is 23.1. The van der Waals surface area contributed by atoms with Crippen LogP contribution in [0.5, 0.6) is 28.7 Å². The van der Waals surface area contributed by atoms with E-state index in [1.165, 1.54) is 5.56 Å². The molecule has 1 atom stereocenters. The van der Waals surface area contributed by atoms with Gasteiger partial charge in [0.25, 0.3) is 0 Å². The third-order valence-electron chi connectivity index (χ3n) is 7.08. The van der Waals surface area contributed by atoms with Crippen molar-refractivity contribution in [3.8, 4) is 28.7 Å². The molecule has 4 rings (SSSR count). The molecule has 3 aromatic carbocycles. The van der Waals surface area contributed by atoms with Gasteiger partial charge in [0.05, 0.1) is 40.9 Å². The normalized spacial score (nSPS) is 14.6. The van der Waals surface area contributed by atoms with Crippen molar-refractivity contribution in [1.82, 2.24) is 4.90 Å². The molecule has 1 aliphatic rings. The molecule has 1 aliphatic heterocycles. The topological polar surface area (TPSA) is 66.5 Å². The van der Waals surface area contributed by atoms with Crippen LogP contribution in [0.3, 0.4) is 0 Å². The van der Waals surface area contributed by atoms with Gasteiger partial charge in [-0.2, -0.15) is 0 Å². The molecule has 3 aromatic rings. The number of rotatable bonds is 10. The quantitative estimate of drug-likeness (QED) is 0.348. The smallest absolute Gasteiger partial charge is 0.227 e. The minimum absolute atomic E-state index is 0.0152. The van der Waals surface area contributed by atoms with Crippen LogP contribution in [-0.2, 0) is 17.6 Å². The Morgan fingerprint density at radius 2 is 1.47 bits per heavy atom. The molecule has 38 heavy (non-hydrogen) atoms. The second-order valence-electron chi connectivity index (χ2n) is 9.66. The lowest BCUT2D eigenvalue weighted by Crippen LogP contribution is -2.43. The minimum atomic E-state index is -0.282. The van der Waals surface area contributed by atoms with Crippen LogP contribution < -0.4 is 23.7 Å². The Morgan fingerprint density at radius 3 is 2.11 bits per heavy atom. The fourth-order valence-corrected chi connectivity index (χ4v) is 4.90. The van der Waals surface area contributed by atoms with Crippen molar-refractivity contribution >= 4 is 5.91 Å². The molecule has 0 aliphatic carbocycles. The molecular formula is C31H37NO6. The number of hydrogen-bond acceptors (Lipinski definition) is 6. The molecule has 1 unspecified atom stereocenters. The van der Waals surface area contributed by atoms with Crippen molar-refractivity contribution in [2.24, 2.45) is 0 Å². The van der Waals surface area contributed by atoms with Gasteiger partial charge in [-0.1, -0.05) is 32.0 Å². The Bertz CT molecular complexity index is 1250. The SMILES string of the molecule is COc1ccc(CC(=O)N2CCc3cc(OC)c(OC)cc3C2COc2ccc(C(C)C)cc2)cc1OC. The van der Waals surface area contributed by atoms with E-state index in [9.17, 15) is 4.79 Å². The van der Waals surface area contributed by atoms with Crippen LogP contribution in [0.1, 0.15) is 48.1 Å². The van der Waals surface area contributed by atoms with Crippen molar-refractivity contribution < 1.29 is 28.5 Å². The first-order valence-electron chi connectivity index (χ1n) is 12.9. The van der Waals surface area contributed by atoms with E-state index in [-0.39, 0.29) is 18.4 Å². The summed E-state index contributed by atoms with van der Waals surface area (Å²) in [5.74, 6) is 3.78. The second-order valence-corrected chi connectivity index (χ2v) is 9.66. The first-order chi connectivity index (χ1) is 18.4. The average Bonchev–Trinajstić information content (AvgIpc) is 2.94. The first kappa shape index (κ1) is 27.2. The Hall–Kier alpha value is -3.87. The van der Waals surface area contributed by atoms with Crippen LogP contribution in [0.15, 0.2) is 54.6 Å². The monoisotopic (exact) mass is 519 g/mol. The first-order valence-corrected chi connectivity index (χ1v) is 12.9. The number of ether oxygens (including phenoxy) is 5. The molecular weight excluding hydrogens is 482 g/mol. The van der Waals surface area contributed by atoms with Gasteiger partial charge in [-0.15, -0.1) is 0 Å². The van der Waals surface area contributed by atoms with E-state index in [2.05, 4.69) is 26.0 Å². The van der Waals surface area contributed by atoms with E-state index < -0.39 is 0 Å². The fourth-order valence-electron chi connectivity index (χ4n) is 4.90. The predicted octanol–water partition coefficient (Wildman–Crippen LogP) is 5.59. The van der Waals surface area contributed by atoms with Crippen molar-refractivity contribution in [2.75, 3.05) is 41.6 Å². The Morgan fingerprint density at radius 1 is 0.842 bits per heavy atom. The van der Waals surface area contributed by atoms with Crippen molar-refractivity contribution in [1.29, 1.82) is 0 Å². The summed E-state index contributed by atoms with van der Waals surface area (Å²) in [6.45, 7) is 5.23. The van der Waals surface area contributed by atoms with E-state index >= 15 is 0 Å². The maximum absolute atomic E-state index is 13.7. The third-order valence-corrected chi connectivity index (χ3v) is 7.08. The summed E-state index contributed by atoms with van der Waals surface area (Å²) >= 11 is 0. The van der Waals surface area contributed by atoms with Gasteiger partial charge in [0.15, 0.2) is 23.0 Å². The lowest BCUT2D eigenvalue weighted by atomic mass is 9.91. The van der Waals surface area contributed by atoms with E-state index in [0.717, 1.165) is 22.4 Å². The van der Waals surface area contributed by atoms with Gasteiger partial charge < -0.3 is 28.6 Å². The Balaban J connectivity index is 1.62. The summed E-state index contributed by atoms with van der Waals surface area (Å²) in [7, 11) is 6.44. The number of amides is 1. The summed E-state index contributed by atoms with van der Waals surface area (Å²) in [5, 5.41) is 0. The summed E-state index contributed by atoms with van der Waals surface area (Å²) < 4.78 is 28.2. The van der Waals surface area contributed by atoms with Gasteiger partial charge in [0.2, 0.25) is 5.91 Å². The number of benzene rings is 3. The molecule has 7 heteroatoms. The highest BCUT2D eigenvalue weighted by atomic mass is 16.5. The zero-order valence-corrected chi connectivity index (χ0v) is 23.1. The van der Waals surface area contributed by atoms with E-state index in [1.54, 1.807) is 28.4 Å². The van der Waals surface area contributed by atoms with E-state index in [1.807, 2.05) is 47.4 Å². The Labute approximate surface area is 225 Å². The summed E-state index contributed by atoms with van der Waals surface area (Å²) in [5.41, 5.74) is 4.24. The molecule has 0 aromatic heterocycles. The zero-order chi connectivity index (χ0) is 27.2. The van der Waals surface area contributed by atoms with Crippen molar-refractivity contribution in [3.63, 3.8) is 0 Å². The average molecular weight is 520 g/mol. The largest absolute Gasteiger partial charge is 0.493 e. The second kappa shape index (κ2) is 12.1. The highest BCUT2D eigenvalue weighted by Crippen LogP contribution is 2.39. The maximum Gasteiger partial charge on any atom is 0.227 e. The van der Waals surface area contributed by atoms with Gasteiger partial charge in [-0.05, 0) is 71.0 Å². The molecule has 7 nitrogen and oxygen atoms in total. The lowest BCUT2D eigenvalue weighted by Gasteiger charge is -2.37. The number of nitrogens with zero attached hydrogens (tertiary/aromatic N) is 1. The highest BCUT2D eigenvalue weighted by molar-refractivity contribution is 5.80. The summed E-state index contributed by atoms with van der Waals surface area (Å²) in [6.07, 6.45) is 0.954. The van der Waals surface area contributed by atoms with Gasteiger partial charge in [-0.25, -0.2) is 0 Å². The van der Waals surface area contributed by atoms with E-state index in [0.29, 0.717) is 48.5 Å². The van der Waals surface area contributed by atoms with Gasteiger partial charge >= 0.3 is 0 Å². The number of carbonyl (C=O) groups excluding carboxylic acids is 1. The standard InChI is InChI=1S/C31H37NO6/c1-20(2)22-8-10-24(11-9-22)38-19-26-25-18-30(37-6)29(36-5)17-23(25)13-14-32(26)31(33)16-21-7-12-27(34-3)28(15-21)35-4/h7-12,15,17-18,20,26H,13-14,16,19H2,1-6H3. The molecule has 202 valence electrons. The molecule has 1 heterocycles. The van der Waals surface area contributed by atoms with Crippen LogP contribution in [0, 0.1) is 0 Å². The fraction of sp³-hybridized carbons (Fsp3) is 0.387. The molecule has 0 spiro atoms. The maximum atomic E-state index is 13.7. The number of methoxy groups -OCH3 is 4. The molecule has 1 amide bonds. The third kappa shape index (κ3) is 5.82. The highest BCUT2D eigenvalue weighted by Gasteiger charge is 2.33. The van der Waals surface area contributed by atoms with Crippen LogP contribution in [0.25, 0.3) is 0 Å². The van der Waals surface area contributed by atoms with Crippen LogP contribution >= 0.6 is 0 Å². The molecule has 0 fully saturated rings. The van der Waals surface area contributed by atoms with Crippen molar-refractivity contribution in [3.05, 3.63) is 76.9 Å². The molecule has 0 radical (unpaired) electrons. The predicted molar refractivity (Wildman–Crippen MR) is 147 cm³/mol. The van der Waals surface area contributed by atoms with E-state index in [4.69, 9.17) is 23.7 Å². The van der Waals surface area contributed by atoms with Gasteiger partial charge in [0.1, 0.15) is 12.4 Å².